The molecular formula is C23H26N4O3S. The Bertz CT molecular complexity index is 1160. The van der Waals surface area contributed by atoms with Crippen molar-refractivity contribution >= 4 is 26.7 Å². The minimum atomic E-state index is -3.63. The Labute approximate surface area is 182 Å². The highest BCUT2D eigenvalue weighted by atomic mass is 32.2. The van der Waals surface area contributed by atoms with E-state index in [0.717, 1.165) is 23.6 Å². The van der Waals surface area contributed by atoms with Gasteiger partial charge in [-0.3, -0.25) is 4.79 Å². The summed E-state index contributed by atoms with van der Waals surface area (Å²) in [5, 5.41) is 11.0. The van der Waals surface area contributed by atoms with Crippen LogP contribution in [0.2, 0.25) is 0 Å². The summed E-state index contributed by atoms with van der Waals surface area (Å²) in [4.78, 5) is 15.0. The molecule has 3 fully saturated rings. The predicted molar refractivity (Wildman–Crippen MR) is 116 cm³/mol. The highest BCUT2D eigenvalue weighted by Gasteiger charge is 2.55. The van der Waals surface area contributed by atoms with E-state index in [-0.39, 0.29) is 23.9 Å². The molecule has 1 saturated carbocycles. The minimum absolute atomic E-state index is 0.0800. The fourth-order valence-electron chi connectivity index (χ4n) is 5.30. The maximum atomic E-state index is 13.3. The van der Waals surface area contributed by atoms with Crippen LogP contribution in [0, 0.1) is 23.2 Å². The molecule has 2 aromatic carbocycles. The normalized spacial score (nSPS) is 27.6. The van der Waals surface area contributed by atoms with Gasteiger partial charge in [0.1, 0.15) is 6.04 Å². The Morgan fingerprint density at radius 3 is 2.55 bits per heavy atom. The van der Waals surface area contributed by atoms with E-state index in [0.29, 0.717) is 36.7 Å². The minimum Gasteiger partial charge on any atom is -0.322 e. The standard InChI is InChI=1S/C23H26N4O3S/c24-14-18-12-17-13-20(17)27(18)23(28)22(25)16-8-10-26(11-9-16)31(29,30)21-7-3-5-15-4-1-2-6-19(15)21/h1-7,16-18,20,22H,8-13,25H2/t17-,18+,20+,22+/m1/s1. The monoisotopic (exact) mass is 438 g/mol. The molecule has 8 heteroatoms. The highest BCUT2D eigenvalue weighted by molar-refractivity contribution is 7.89. The summed E-state index contributed by atoms with van der Waals surface area (Å²) in [6.07, 6.45) is 2.80. The van der Waals surface area contributed by atoms with E-state index in [1.54, 1.807) is 17.0 Å². The molecule has 4 atom stereocenters. The van der Waals surface area contributed by atoms with Gasteiger partial charge in [-0.05, 0) is 49.0 Å². The van der Waals surface area contributed by atoms with Crippen molar-refractivity contribution < 1.29 is 13.2 Å². The molecule has 5 rings (SSSR count). The molecule has 2 aromatic rings. The van der Waals surface area contributed by atoms with E-state index in [2.05, 4.69) is 6.07 Å². The van der Waals surface area contributed by atoms with Crippen LogP contribution in [0.3, 0.4) is 0 Å². The molecule has 2 aliphatic heterocycles. The number of hydrogen-bond acceptors (Lipinski definition) is 5. The fourth-order valence-corrected chi connectivity index (χ4v) is 6.98. The molecule has 0 aromatic heterocycles. The van der Waals surface area contributed by atoms with E-state index >= 15 is 0 Å². The number of nitrogens with two attached hydrogens (primary N) is 1. The molecule has 1 amide bonds. The van der Waals surface area contributed by atoms with Crippen molar-refractivity contribution in [3.05, 3.63) is 42.5 Å². The Balaban J connectivity index is 1.29. The van der Waals surface area contributed by atoms with Crippen LogP contribution in [0.1, 0.15) is 25.7 Å². The van der Waals surface area contributed by atoms with E-state index in [1.807, 2.05) is 30.3 Å². The smallest absolute Gasteiger partial charge is 0.243 e. The van der Waals surface area contributed by atoms with Gasteiger partial charge in [0.05, 0.1) is 17.0 Å². The first-order valence-electron chi connectivity index (χ1n) is 10.9. The molecule has 0 spiro atoms. The van der Waals surface area contributed by atoms with Crippen molar-refractivity contribution in [2.75, 3.05) is 13.1 Å². The van der Waals surface area contributed by atoms with Crippen LogP contribution in [0.5, 0.6) is 0 Å². The van der Waals surface area contributed by atoms with Crippen LogP contribution < -0.4 is 5.73 Å². The Morgan fingerprint density at radius 2 is 1.81 bits per heavy atom. The van der Waals surface area contributed by atoms with Crippen LogP contribution >= 0.6 is 0 Å². The Hall–Kier alpha value is -2.47. The predicted octanol–water partition coefficient (Wildman–Crippen LogP) is 2.08. The van der Waals surface area contributed by atoms with Crippen LogP contribution in [0.25, 0.3) is 10.8 Å². The molecule has 1 aliphatic carbocycles. The quantitative estimate of drug-likeness (QED) is 0.786. The van der Waals surface area contributed by atoms with Gasteiger partial charge in [0, 0.05) is 24.5 Å². The average Bonchev–Trinajstić information content (AvgIpc) is 3.47. The van der Waals surface area contributed by atoms with E-state index in [1.165, 1.54) is 4.31 Å². The SMILES string of the molecule is N#C[C@@H]1C[C@@H]2C[C@@H]2N1C(=O)[C@@H](N)C1CCN(S(=O)(=O)c2cccc3ccccc23)CC1. The van der Waals surface area contributed by atoms with Gasteiger partial charge in [0.15, 0.2) is 0 Å². The number of amides is 1. The number of carbonyl (C=O) groups excluding carboxylic acids is 1. The van der Waals surface area contributed by atoms with Crippen LogP contribution in [-0.4, -0.2) is 54.7 Å². The summed E-state index contributed by atoms with van der Waals surface area (Å²) in [6.45, 7) is 0.676. The highest BCUT2D eigenvalue weighted by Crippen LogP contribution is 2.48. The molecule has 0 radical (unpaired) electrons. The average molecular weight is 439 g/mol. The number of sulfonamides is 1. The van der Waals surface area contributed by atoms with Crippen LogP contribution in [-0.2, 0) is 14.8 Å². The van der Waals surface area contributed by atoms with Gasteiger partial charge in [-0.25, -0.2) is 8.42 Å². The Morgan fingerprint density at radius 1 is 1.10 bits per heavy atom. The molecule has 2 N–H and O–H groups in total. The number of rotatable bonds is 4. The largest absolute Gasteiger partial charge is 0.322 e. The number of nitrogens with zero attached hydrogens (tertiary/aromatic N) is 3. The van der Waals surface area contributed by atoms with Crippen molar-refractivity contribution in [1.29, 1.82) is 5.26 Å². The third-order valence-corrected chi connectivity index (χ3v) is 9.12. The summed E-state index contributed by atoms with van der Waals surface area (Å²) < 4.78 is 28.2. The molecule has 162 valence electrons. The van der Waals surface area contributed by atoms with Gasteiger partial charge in [-0.2, -0.15) is 9.57 Å². The fraction of sp³-hybridized carbons (Fsp3) is 0.478. The molecular weight excluding hydrogens is 412 g/mol. The van der Waals surface area contributed by atoms with Crippen molar-refractivity contribution in [3.8, 4) is 6.07 Å². The van der Waals surface area contributed by atoms with Gasteiger partial charge >= 0.3 is 0 Å². The maximum absolute atomic E-state index is 13.3. The van der Waals surface area contributed by atoms with Gasteiger partial charge < -0.3 is 10.6 Å². The number of nitriles is 1. The van der Waals surface area contributed by atoms with Gasteiger partial charge in [-0.1, -0.05) is 36.4 Å². The third-order valence-electron chi connectivity index (χ3n) is 7.17. The third kappa shape index (κ3) is 3.41. The topological polar surface area (TPSA) is 108 Å². The van der Waals surface area contributed by atoms with Crippen LogP contribution in [0.15, 0.2) is 47.4 Å². The van der Waals surface area contributed by atoms with Crippen molar-refractivity contribution in [1.82, 2.24) is 9.21 Å². The zero-order valence-corrected chi connectivity index (χ0v) is 18.0. The summed E-state index contributed by atoms with van der Waals surface area (Å²) >= 11 is 0. The summed E-state index contributed by atoms with van der Waals surface area (Å²) in [7, 11) is -3.63. The molecule has 2 heterocycles. The van der Waals surface area contributed by atoms with E-state index < -0.39 is 16.1 Å². The lowest BCUT2D eigenvalue weighted by molar-refractivity contribution is -0.135. The van der Waals surface area contributed by atoms with Gasteiger partial charge in [0.2, 0.25) is 15.9 Å². The lowest BCUT2D eigenvalue weighted by Crippen LogP contribution is -2.53. The second kappa shape index (κ2) is 7.59. The molecule has 0 bridgehead atoms. The maximum Gasteiger partial charge on any atom is 0.243 e. The number of hydrogen-bond donors (Lipinski definition) is 1. The number of benzene rings is 2. The first-order valence-corrected chi connectivity index (χ1v) is 12.3. The second-order valence-corrected chi connectivity index (χ2v) is 10.8. The van der Waals surface area contributed by atoms with Crippen molar-refractivity contribution in [3.63, 3.8) is 0 Å². The van der Waals surface area contributed by atoms with Crippen LogP contribution in [0.4, 0.5) is 0 Å². The molecule has 31 heavy (non-hydrogen) atoms. The summed E-state index contributed by atoms with van der Waals surface area (Å²) in [5.74, 6) is 0.226. The van der Waals surface area contributed by atoms with Gasteiger partial charge in [-0.15, -0.1) is 0 Å². The van der Waals surface area contributed by atoms with E-state index in [9.17, 15) is 18.5 Å². The summed E-state index contributed by atoms with van der Waals surface area (Å²) in [6, 6.07) is 14.2. The first kappa shape index (κ1) is 20.4. The molecule has 0 unspecified atom stereocenters. The Kier molecular flexibility index (Phi) is 5.00. The zero-order valence-electron chi connectivity index (χ0n) is 17.2. The number of likely N-dealkylation sites (tertiary alicyclic amines) is 1. The number of carbonyl (C=O) groups is 1. The van der Waals surface area contributed by atoms with Crippen molar-refractivity contribution in [2.24, 2.45) is 17.6 Å². The molecule has 7 nitrogen and oxygen atoms in total. The first-order chi connectivity index (χ1) is 14.9. The lowest BCUT2D eigenvalue weighted by Gasteiger charge is -2.35. The van der Waals surface area contributed by atoms with Gasteiger partial charge in [0.25, 0.3) is 0 Å². The molecule has 2 saturated heterocycles. The lowest BCUT2D eigenvalue weighted by atomic mass is 9.89. The van der Waals surface area contributed by atoms with E-state index in [4.69, 9.17) is 5.73 Å². The number of fused-ring (bicyclic) bond motifs is 2. The molecule has 3 aliphatic rings. The van der Waals surface area contributed by atoms with Crippen molar-refractivity contribution in [2.45, 2.75) is 48.7 Å². The number of piperidine rings is 2. The summed E-state index contributed by atoms with van der Waals surface area (Å²) in [5.41, 5.74) is 6.34. The zero-order chi connectivity index (χ0) is 21.8. The second-order valence-electron chi connectivity index (χ2n) is 8.93.